The normalized spacial score (nSPS) is 13.5. The molecular formula is C25H30O3. The van der Waals surface area contributed by atoms with Gasteiger partial charge in [0.25, 0.3) is 0 Å². The van der Waals surface area contributed by atoms with Crippen LogP contribution in [0.2, 0.25) is 0 Å². The van der Waals surface area contributed by atoms with Crippen LogP contribution in [0.1, 0.15) is 57.8 Å². The molecule has 0 unspecified atom stereocenters. The van der Waals surface area contributed by atoms with Crippen molar-refractivity contribution < 1.29 is 14.3 Å². The fraction of sp³-hybridized carbons (Fsp3) is 0.360. The number of Topliss-reactive ketones (excluding diaryl/α,β-unsaturated/α-hetero) is 1. The number of carbonyl (C=O) groups excluding carboxylic acids is 2. The van der Waals surface area contributed by atoms with Gasteiger partial charge in [-0.25, -0.2) is 0 Å². The predicted molar refractivity (Wildman–Crippen MR) is 115 cm³/mol. The van der Waals surface area contributed by atoms with Crippen LogP contribution in [0.5, 0.6) is 0 Å². The maximum Gasteiger partial charge on any atom is 0.320 e. The molecule has 28 heavy (non-hydrogen) atoms. The van der Waals surface area contributed by atoms with Crippen LogP contribution in [0, 0.1) is 5.41 Å². The van der Waals surface area contributed by atoms with Gasteiger partial charge in [0.15, 0.2) is 5.78 Å². The van der Waals surface area contributed by atoms with Crippen LogP contribution in [0.4, 0.5) is 0 Å². The van der Waals surface area contributed by atoms with Gasteiger partial charge in [-0.15, -0.1) is 0 Å². The summed E-state index contributed by atoms with van der Waals surface area (Å²) in [6, 6.07) is 13.2. The van der Waals surface area contributed by atoms with E-state index >= 15 is 0 Å². The molecule has 2 aromatic carbocycles. The average molecular weight is 379 g/mol. The monoisotopic (exact) mass is 378 g/mol. The molecule has 2 aromatic rings. The second-order valence-electron chi connectivity index (χ2n) is 8.21. The first-order chi connectivity index (χ1) is 13.1. The van der Waals surface area contributed by atoms with Gasteiger partial charge >= 0.3 is 5.97 Å². The van der Waals surface area contributed by atoms with Gasteiger partial charge < -0.3 is 4.74 Å². The summed E-state index contributed by atoms with van der Waals surface area (Å²) in [7, 11) is 0. The standard InChI is InChI=1S/C25H30O3/c1-7-25(6,17-11-12-18(2)3)28-23(27)24(4,5)22(26)21-16-10-14-19-13-8-9-15-20(19)21/h7-10,12-16H,1,11,17H2,2-6H3/t25-/m1/s1. The van der Waals surface area contributed by atoms with Gasteiger partial charge in [-0.05, 0) is 64.3 Å². The van der Waals surface area contributed by atoms with Gasteiger partial charge in [0.2, 0.25) is 0 Å². The Labute approximate surface area is 168 Å². The van der Waals surface area contributed by atoms with E-state index in [1.165, 1.54) is 5.57 Å². The summed E-state index contributed by atoms with van der Waals surface area (Å²) in [5.41, 5.74) is -0.376. The molecule has 0 aromatic heterocycles. The van der Waals surface area contributed by atoms with Crippen LogP contribution in [0.15, 0.2) is 66.8 Å². The summed E-state index contributed by atoms with van der Waals surface area (Å²) in [5.74, 6) is -0.782. The quantitative estimate of drug-likeness (QED) is 0.235. The van der Waals surface area contributed by atoms with Crippen molar-refractivity contribution in [1.29, 1.82) is 0 Å². The zero-order chi connectivity index (χ0) is 20.9. The molecule has 0 saturated heterocycles. The minimum atomic E-state index is -1.30. The van der Waals surface area contributed by atoms with Crippen LogP contribution < -0.4 is 0 Å². The predicted octanol–water partition coefficient (Wildman–Crippen LogP) is 6.28. The molecule has 0 spiro atoms. The van der Waals surface area contributed by atoms with Gasteiger partial charge in [-0.1, -0.05) is 60.7 Å². The number of benzene rings is 2. The van der Waals surface area contributed by atoms with E-state index in [4.69, 9.17) is 4.74 Å². The smallest absolute Gasteiger partial charge is 0.320 e. The fourth-order valence-corrected chi connectivity index (χ4v) is 3.03. The van der Waals surface area contributed by atoms with Crippen LogP contribution in [-0.4, -0.2) is 17.4 Å². The van der Waals surface area contributed by atoms with E-state index in [-0.39, 0.29) is 5.78 Å². The third-order valence-electron chi connectivity index (χ3n) is 5.06. The van der Waals surface area contributed by atoms with E-state index in [9.17, 15) is 9.59 Å². The van der Waals surface area contributed by atoms with E-state index < -0.39 is 17.0 Å². The van der Waals surface area contributed by atoms with Crippen LogP contribution in [-0.2, 0) is 9.53 Å². The number of rotatable bonds is 8. The summed E-state index contributed by atoms with van der Waals surface area (Å²) >= 11 is 0. The first-order valence-electron chi connectivity index (χ1n) is 9.64. The zero-order valence-corrected chi connectivity index (χ0v) is 17.5. The molecule has 0 bridgehead atoms. The lowest BCUT2D eigenvalue weighted by Gasteiger charge is -2.31. The van der Waals surface area contributed by atoms with Crippen molar-refractivity contribution in [2.45, 2.75) is 53.1 Å². The number of fused-ring (bicyclic) bond motifs is 1. The summed E-state index contributed by atoms with van der Waals surface area (Å²) in [6.45, 7) is 13.0. The van der Waals surface area contributed by atoms with Crippen LogP contribution >= 0.6 is 0 Å². The molecule has 0 heterocycles. The van der Waals surface area contributed by atoms with Gasteiger partial charge in [-0.2, -0.15) is 0 Å². The lowest BCUT2D eigenvalue weighted by molar-refractivity contribution is -0.162. The van der Waals surface area contributed by atoms with Gasteiger partial charge in [0.05, 0.1) is 0 Å². The molecule has 0 amide bonds. The number of ketones is 1. The molecule has 0 aliphatic carbocycles. The molecular weight excluding hydrogens is 348 g/mol. The minimum absolute atomic E-state index is 0.245. The van der Waals surface area contributed by atoms with E-state index in [1.54, 1.807) is 26.0 Å². The van der Waals surface area contributed by atoms with Gasteiger partial charge in [0, 0.05) is 5.56 Å². The lowest BCUT2D eigenvalue weighted by Crippen LogP contribution is -2.41. The largest absolute Gasteiger partial charge is 0.454 e. The molecule has 0 fully saturated rings. The molecule has 2 rings (SSSR count). The Kier molecular flexibility index (Phi) is 6.60. The molecule has 0 saturated carbocycles. The Morgan fingerprint density at radius 1 is 1.04 bits per heavy atom. The molecule has 3 heteroatoms. The lowest BCUT2D eigenvalue weighted by atomic mass is 9.82. The first kappa shape index (κ1) is 21.6. The highest BCUT2D eigenvalue weighted by Gasteiger charge is 2.41. The Bertz CT molecular complexity index is 911. The summed E-state index contributed by atoms with van der Waals surface area (Å²) in [6.07, 6.45) is 5.13. The second-order valence-corrected chi connectivity index (χ2v) is 8.21. The van der Waals surface area contributed by atoms with Crippen molar-refractivity contribution >= 4 is 22.5 Å². The molecule has 0 aliphatic rings. The van der Waals surface area contributed by atoms with Crippen molar-refractivity contribution in [2.24, 2.45) is 5.41 Å². The topological polar surface area (TPSA) is 43.4 Å². The highest BCUT2D eigenvalue weighted by molar-refractivity contribution is 6.17. The Balaban J connectivity index is 2.26. The van der Waals surface area contributed by atoms with Crippen molar-refractivity contribution in [3.05, 3.63) is 72.3 Å². The van der Waals surface area contributed by atoms with Crippen molar-refractivity contribution in [3.63, 3.8) is 0 Å². The molecule has 148 valence electrons. The molecule has 0 N–H and O–H groups in total. The average Bonchev–Trinajstić information content (AvgIpc) is 2.66. The maximum absolute atomic E-state index is 13.3. The second kappa shape index (κ2) is 8.55. The SMILES string of the molecule is C=C[C@](C)(CCC=C(C)C)OC(=O)C(C)(C)C(=O)c1cccc2ccccc12. The van der Waals surface area contributed by atoms with Gasteiger partial charge in [-0.3, -0.25) is 9.59 Å². The molecule has 1 atom stereocenters. The van der Waals surface area contributed by atoms with Crippen molar-refractivity contribution in [3.8, 4) is 0 Å². The Hall–Kier alpha value is -2.68. The van der Waals surface area contributed by atoms with Crippen LogP contribution in [0.25, 0.3) is 10.8 Å². The van der Waals surface area contributed by atoms with E-state index in [1.807, 2.05) is 57.2 Å². The molecule has 0 radical (unpaired) electrons. The number of esters is 1. The van der Waals surface area contributed by atoms with E-state index in [0.717, 1.165) is 17.2 Å². The summed E-state index contributed by atoms with van der Waals surface area (Å²) in [4.78, 5) is 26.2. The van der Waals surface area contributed by atoms with Crippen molar-refractivity contribution in [2.75, 3.05) is 0 Å². The van der Waals surface area contributed by atoms with Gasteiger partial charge in [0.1, 0.15) is 11.0 Å². The Morgan fingerprint density at radius 2 is 1.68 bits per heavy atom. The van der Waals surface area contributed by atoms with Crippen molar-refractivity contribution in [1.82, 2.24) is 0 Å². The number of carbonyl (C=O) groups is 2. The first-order valence-corrected chi connectivity index (χ1v) is 9.64. The molecule has 3 nitrogen and oxygen atoms in total. The Morgan fingerprint density at radius 3 is 2.32 bits per heavy atom. The minimum Gasteiger partial charge on any atom is -0.454 e. The number of ether oxygens (including phenoxy) is 1. The summed E-state index contributed by atoms with van der Waals surface area (Å²) in [5, 5.41) is 1.81. The summed E-state index contributed by atoms with van der Waals surface area (Å²) < 4.78 is 5.78. The third-order valence-corrected chi connectivity index (χ3v) is 5.06. The highest BCUT2D eigenvalue weighted by Crippen LogP contribution is 2.31. The number of hydrogen-bond acceptors (Lipinski definition) is 3. The maximum atomic E-state index is 13.3. The number of hydrogen-bond donors (Lipinski definition) is 0. The van der Waals surface area contributed by atoms with E-state index in [0.29, 0.717) is 12.0 Å². The number of allylic oxidation sites excluding steroid dienone is 2. The zero-order valence-electron chi connectivity index (χ0n) is 17.5. The van der Waals surface area contributed by atoms with E-state index in [2.05, 4.69) is 12.7 Å². The van der Waals surface area contributed by atoms with Crippen LogP contribution in [0.3, 0.4) is 0 Å². The third kappa shape index (κ3) is 4.78. The fourth-order valence-electron chi connectivity index (χ4n) is 3.03. The highest BCUT2D eigenvalue weighted by atomic mass is 16.6. The molecule has 0 aliphatic heterocycles.